The van der Waals surface area contributed by atoms with Crippen molar-refractivity contribution in [2.24, 2.45) is 0 Å². The van der Waals surface area contributed by atoms with Crippen LogP contribution in [0.1, 0.15) is 11.3 Å². The molecular weight excluding hydrogens is 516 g/mol. The number of anilines is 3. The summed E-state index contributed by atoms with van der Waals surface area (Å²) >= 11 is 0. The van der Waals surface area contributed by atoms with Gasteiger partial charge < -0.3 is 16.4 Å². The Hall–Kier alpha value is -4.10. The highest BCUT2D eigenvalue weighted by Gasteiger charge is 2.24. The zero-order chi connectivity index (χ0) is 27.0. The van der Waals surface area contributed by atoms with Crippen LogP contribution >= 0.6 is 0 Å². The van der Waals surface area contributed by atoms with E-state index in [2.05, 4.69) is 20.7 Å². The zero-order valence-corrected chi connectivity index (χ0v) is 21.2. The highest BCUT2D eigenvalue weighted by molar-refractivity contribution is 7.91. The molecule has 2 amide bonds. The third-order valence-corrected chi connectivity index (χ3v) is 7.99. The van der Waals surface area contributed by atoms with Crippen LogP contribution in [0.2, 0.25) is 0 Å². The van der Waals surface area contributed by atoms with Crippen molar-refractivity contribution in [3.63, 3.8) is 0 Å². The maximum atomic E-state index is 15.1. The van der Waals surface area contributed by atoms with Crippen molar-refractivity contribution >= 4 is 38.6 Å². The normalized spacial score (nSPS) is 15.4. The lowest BCUT2D eigenvalue weighted by Crippen LogP contribution is -2.39. The average Bonchev–Trinajstić information content (AvgIpc) is 3.23. The molecular formula is C25H25F2N7O3S. The topological polar surface area (TPSA) is 135 Å². The van der Waals surface area contributed by atoms with Crippen molar-refractivity contribution < 1.29 is 22.0 Å². The lowest BCUT2D eigenvalue weighted by molar-refractivity contribution is 0.262. The lowest BCUT2D eigenvalue weighted by atomic mass is 10.1. The Kier molecular flexibility index (Phi) is 6.71. The van der Waals surface area contributed by atoms with E-state index in [0.717, 1.165) is 11.3 Å². The molecule has 0 radical (unpaired) electrons. The monoisotopic (exact) mass is 541 g/mol. The summed E-state index contributed by atoms with van der Waals surface area (Å²) in [5.41, 5.74) is 9.08. The molecule has 13 heteroatoms. The van der Waals surface area contributed by atoms with Gasteiger partial charge in [0, 0.05) is 25.2 Å². The van der Waals surface area contributed by atoms with E-state index in [0.29, 0.717) is 36.3 Å². The summed E-state index contributed by atoms with van der Waals surface area (Å²) in [5.74, 6) is -0.942. The molecule has 1 fully saturated rings. The fourth-order valence-corrected chi connectivity index (χ4v) is 5.67. The van der Waals surface area contributed by atoms with Crippen molar-refractivity contribution in [3.8, 4) is 11.1 Å². The number of nitrogen functional groups attached to an aromatic ring is 1. The molecule has 0 unspecified atom stereocenters. The van der Waals surface area contributed by atoms with Crippen LogP contribution in [0.3, 0.4) is 0 Å². The summed E-state index contributed by atoms with van der Waals surface area (Å²) in [7, 11) is -3.02. The Morgan fingerprint density at radius 3 is 2.50 bits per heavy atom. The second-order valence-electron chi connectivity index (χ2n) is 9.14. The second-order valence-corrected chi connectivity index (χ2v) is 11.4. The first-order chi connectivity index (χ1) is 18.1. The first-order valence-electron chi connectivity index (χ1n) is 11.8. The van der Waals surface area contributed by atoms with Gasteiger partial charge in [0.1, 0.15) is 23.5 Å². The van der Waals surface area contributed by atoms with Gasteiger partial charge in [-0.2, -0.15) is 5.10 Å². The van der Waals surface area contributed by atoms with Crippen LogP contribution < -0.4 is 16.4 Å². The van der Waals surface area contributed by atoms with Gasteiger partial charge in [-0.25, -0.2) is 31.5 Å². The van der Waals surface area contributed by atoms with Crippen LogP contribution in [0, 0.1) is 18.6 Å². The van der Waals surface area contributed by atoms with Crippen LogP contribution in [-0.2, 0) is 16.4 Å². The quantitative estimate of drug-likeness (QED) is 0.352. The van der Waals surface area contributed by atoms with Gasteiger partial charge in [-0.1, -0.05) is 12.1 Å². The van der Waals surface area contributed by atoms with E-state index in [4.69, 9.17) is 5.73 Å². The molecule has 5 rings (SSSR count). The molecule has 10 nitrogen and oxygen atoms in total. The predicted octanol–water partition coefficient (Wildman–Crippen LogP) is 3.44. The zero-order valence-electron chi connectivity index (χ0n) is 20.4. The van der Waals surface area contributed by atoms with E-state index < -0.39 is 27.5 Å². The van der Waals surface area contributed by atoms with Gasteiger partial charge in [0.05, 0.1) is 28.6 Å². The minimum absolute atomic E-state index is 0.0193. The van der Waals surface area contributed by atoms with Crippen LogP contribution in [0.15, 0.2) is 48.8 Å². The number of sulfone groups is 1. The van der Waals surface area contributed by atoms with Crippen LogP contribution in [-0.4, -0.2) is 58.5 Å². The number of fused-ring (bicyclic) bond motifs is 1. The SMILES string of the molecule is Cc1ccc(F)c(NC(=O)Nc2ccc(-c3cc(CN4CCS(=O)(=O)CC4)n4ncnc(N)c34)cc2F)c1. The Bertz CT molecular complexity index is 1640. The molecule has 0 aliphatic carbocycles. The number of nitrogens with one attached hydrogen (secondary N) is 2. The molecule has 2 aromatic heterocycles. The molecule has 3 heterocycles. The number of benzene rings is 2. The molecule has 38 heavy (non-hydrogen) atoms. The number of carbonyl (C=O) groups excluding carboxylic acids is 1. The van der Waals surface area contributed by atoms with Gasteiger partial charge in [-0.05, 0) is 48.4 Å². The number of halogens is 2. The van der Waals surface area contributed by atoms with Gasteiger partial charge in [0.25, 0.3) is 0 Å². The number of rotatable bonds is 5. The summed E-state index contributed by atoms with van der Waals surface area (Å²) in [6, 6.07) is 9.57. The van der Waals surface area contributed by atoms with Crippen LogP contribution in [0.25, 0.3) is 16.6 Å². The van der Waals surface area contributed by atoms with E-state index in [1.165, 1.54) is 30.6 Å². The number of carbonyl (C=O) groups is 1. The van der Waals surface area contributed by atoms with Gasteiger partial charge >= 0.3 is 6.03 Å². The molecule has 4 N–H and O–H groups in total. The van der Waals surface area contributed by atoms with Gasteiger partial charge in [0.2, 0.25) is 0 Å². The van der Waals surface area contributed by atoms with Crippen LogP contribution in [0.4, 0.5) is 30.8 Å². The van der Waals surface area contributed by atoms with Crippen molar-refractivity contribution in [1.29, 1.82) is 0 Å². The standard InChI is InChI=1S/C25H25F2N7O3S/c1-15-2-4-19(26)22(10-15)32-25(35)31-21-5-3-16(11-20(21)27)18-12-17(34-23(18)24(28)29-14-30-34)13-33-6-8-38(36,37)9-7-33/h2-5,10-12,14H,6-9,13H2,1H3,(H2,28,29,30)(H2,31,32,35). The van der Waals surface area contributed by atoms with E-state index >= 15 is 4.39 Å². The Morgan fingerprint density at radius 2 is 1.76 bits per heavy atom. The predicted molar refractivity (Wildman–Crippen MR) is 141 cm³/mol. The molecule has 4 aromatic rings. The third kappa shape index (κ3) is 5.29. The maximum Gasteiger partial charge on any atom is 0.323 e. The molecule has 198 valence electrons. The smallest absolute Gasteiger partial charge is 0.323 e. The average molecular weight is 542 g/mol. The van der Waals surface area contributed by atoms with Gasteiger partial charge in [-0.15, -0.1) is 0 Å². The van der Waals surface area contributed by atoms with Crippen LogP contribution in [0.5, 0.6) is 0 Å². The molecule has 1 aliphatic heterocycles. The number of nitrogens with two attached hydrogens (primary N) is 1. The summed E-state index contributed by atoms with van der Waals surface area (Å²) in [6.07, 6.45) is 1.32. The van der Waals surface area contributed by atoms with Crippen molar-refractivity contribution in [1.82, 2.24) is 19.5 Å². The van der Waals surface area contributed by atoms with Crippen molar-refractivity contribution in [2.45, 2.75) is 13.5 Å². The molecule has 0 saturated carbocycles. The highest BCUT2D eigenvalue weighted by Crippen LogP contribution is 2.33. The number of amides is 2. The number of hydrogen-bond acceptors (Lipinski definition) is 7. The second kappa shape index (κ2) is 9.99. The summed E-state index contributed by atoms with van der Waals surface area (Å²) in [5, 5.41) is 9.08. The number of hydrogen-bond donors (Lipinski definition) is 3. The minimum atomic E-state index is -3.02. The first-order valence-corrected chi connectivity index (χ1v) is 13.6. The van der Waals surface area contributed by atoms with Crippen molar-refractivity contribution in [3.05, 3.63) is 71.7 Å². The Morgan fingerprint density at radius 1 is 1.03 bits per heavy atom. The van der Waals surface area contributed by atoms with E-state index in [1.807, 2.05) is 11.0 Å². The maximum absolute atomic E-state index is 15.1. The lowest BCUT2D eigenvalue weighted by Gasteiger charge is -2.26. The van der Waals surface area contributed by atoms with Gasteiger partial charge in [-0.3, -0.25) is 4.90 Å². The third-order valence-electron chi connectivity index (χ3n) is 6.38. The molecule has 0 atom stereocenters. The summed E-state index contributed by atoms with van der Waals surface area (Å²) < 4.78 is 54.2. The minimum Gasteiger partial charge on any atom is -0.382 e. The molecule has 1 aliphatic rings. The van der Waals surface area contributed by atoms with E-state index in [1.54, 1.807) is 23.6 Å². The Labute approximate surface area is 217 Å². The number of urea groups is 1. The molecule has 0 bridgehead atoms. The molecule has 2 aromatic carbocycles. The first kappa shape index (κ1) is 25.5. The van der Waals surface area contributed by atoms with Crippen molar-refractivity contribution in [2.75, 3.05) is 41.0 Å². The number of nitrogens with zero attached hydrogens (tertiary/aromatic N) is 4. The van der Waals surface area contributed by atoms with Gasteiger partial charge in [0.15, 0.2) is 15.7 Å². The molecule has 1 saturated heterocycles. The molecule has 0 spiro atoms. The number of aromatic nitrogens is 3. The Balaban J connectivity index is 1.40. The fraction of sp³-hybridized carbons (Fsp3) is 0.240. The van der Waals surface area contributed by atoms with E-state index in [-0.39, 0.29) is 28.7 Å². The summed E-state index contributed by atoms with van der Waals surface area (Å²) in [6.45, 7) is 2.97. The van der Waals surface area contributed by atoms with E-state index in [9.17, 15) is 17.6 Å². The number of aryl methyl sites for hydroxylation is 1. The highest BCUT2D eigenvalue weighted by atomic mass is 32.2. The fourth-order valence-electron chi connectivity index (χ4n) is 4.40. The largest absolute Gasteiger partial charge is 0.382 e. The summed E-state index contributed by atoms with van der Waals surface area (Å²) in [4.78, 5) is 18.4.